The fraction of sp³-hybridized carbons (Fsp3) is 0.636. The summed E-state index contributed by atoms with van der Waals surface area (Å²) >= 11 is 0. The van der Waals surface area contributed by atoms with Gasteiger partial charge in [-0.2, -0.15) is 9.57 Å². The maximum absolute atomic E-state index is 12.8. The first-order valence-electron chi connectivity index (χ1n) is 10.8. The van der Waals surface area contributed by atoms with E-state index in [1.165, 1.54) is 60.7 Å². The van der Waals surface area contributed by atoms with Crippen molar-refractivity contribution >= 4 is 15.9 Å². The predicted molar refractivity (Wildman–Crippen MR) is 111 cm³/mol. The molecule has 1 aliphatic carbocycles. The van der Waals surface area contributed by atoms with Crippen LogP contribution in [0.5, 0.6) is 0 Å². The molecule has 1 amide bonds. The molecule has 158 valence electrons. The number of benzene rings is 1. The van der Waals surface area contributed by atoms with Gasteiger partial charge in [-0.25, -0.2) is 8.42 Å². The SMILES string of the molecule is CCCCC1CCCC1NC(=O)C1CCN(S(=O)(=O)c2ccc(C#N)cc2)CC1. The van der Waals surface area contributed by atoms with E-state index in [-0.39, 0.29) is 22.8 Å². The Morgan fingerprint density at radius 2 is 1.86 bits per heavy atom. The van der Waals surface area contributed by atoms with Gasteiger partial charge < -0.3 is 5.32 Å². The van der Waals surface area contributed by atoms with Crippen LogP contribution >= 0.6 is 0 Å². The van der Waals surface area contributed by atoms with Gasteiger partial charge in [0, 0.05) is 25.0 Å². The third-order valence-electron chi connectivity index (χ3n) is 6.36. The Bertz CT molecular complexity index is 837. The molecule has 1 aromatic carbocycles. The van der Waals surface area contributed by atoms with Crippen molar-refractivity contribution in [1.82, 2.24) is 9.62 Å². The van der Waals surface area contributed by atoms with Crippen molar-refractivity contribution in [2.75, 3.05) is 13.1 Å². The summed E-state index contributed by atoms with van der Waals surface area (Å²) in [6, 6.07) is 8.27. The van der Waals surface area contributed by atoms with Gasteiger partial charge >= 0.3 is 0 Å². The summed E-state index contributed by atoms with van der Waals surface area (Å²) in [5.74, 6) is 0.569. The van der Waals surface area contributed by atoms with Crippen molar-refractivity contribution < 1.29 is 13.2 Å². The van der Waals surface area contributed by atoms with Crippen LogP contribution in [0.4, 0.5) is 0 Å². The monoisotopic (exact) mass is 417 g/mol. The Labute approximate surface area is 174 Å². The minimum absolute atomic E-state index is 0.0915. The lowest BCUT2D eigenvalue weighted by molar-refractivity contribution is -0.127. The van der Waals surface area contributed by atoms with E-state index in [1.54, 1.807) is 0 Å². The second-order valence-corrected chi connectivity index (χ2v) is 10.2. The first-order valence-corrected chi connectivity index (χ1v) is 12.2. The molecule has 0 radical (unpaired) electrons. The van der Waals surface area contributed by atoms with Crippen molar-refractivity contribution in [2.24, 2.45) is 11.8 Å². The largest absolute Gasteiger partial charge is 0.353 e. The van der Waals surface area contributed by atoms with Gasteiger partial charge in [0.05, 0.1) is 16.5 Å². The van der Waals surface area contributed by atoms with E-state index >= 15 is 0 Å². The molecule has 1 aliphatic heterocycles. The van der Waals surface area contributed by atoms with Gasteiger partial charge in [0.2, 0.25) is 15.9 Å². The number of amides is 1. The van der Waals surface area contributed by atoms with Gasteiger partial charge in [0.15, 0.2) is 0 Å². The molecule has 3 rings (SSSR count). The molecule has 1 saturated carbocycles. The molecule has 1 N–H and O–H groups in total. The second kappa shape index (κ2) is 9.73. The van der Waals surface area contributed by atoms with Crippen LogP contribution in [-0.2, 0) is 14.8 Å². The molecule has 1 aromatic rings. The summed E-state index contributed by atoms with van der Waals surface area (Å²) < 4.78 is 27.1. The number of carbonyl (C=O) groups excluding carboxylic acids is 1. The molecule has 0 aromatic heterocycles. The highest BCUT2D eigenvalue weighted by Gasteiger charge is 2.34. The summed E-state index contributed by atoms with van der Waals surface area (Å²) in [5.41, 5.74) is 0.434. The number of carbonyl (C=O) groups is 1. The third kappa shape index (κ3) is 5.18. The number of sulfonamides is 1. The van der Waals surface area contributed by atoms with Crippen LogP contribution in [0.15, 0.2) is 29.2 Å². The van der Waals surface area contributed by atoms with Gasteiger partial charge in [-0.3, -0.25) is 4.79 Å². The average molecular weight is 418 g/mol. The highest BCUT2D eigenvalue weighted by Crippen LogP contribution is 2.31. The Hall–Kier alpha value is -1.91. The van der Waals surface area contributed by atoms with E-state index in [0.717, 1.165) is 6.42 Å². The third-order valence-corrected chi connectivity index (χ3v) is 8.27. The van der Waals surface area contributed by atoms with Gasteiger partial charge in [0.1, 0.15) is 0 Å². The molecule has 0 bridgehead atoms. The van der Waals surface area contributed by atoms with E-state index in [9.17, 15) is 13.2 Å². The van der Waals surface area contributed by atoms with E-state index in [1.807, 2.05) is 6.07 Å². The fourth-order valence-corrected chi connectivity index (χ4v) is 6.02. The second-order valence-electron chi connectivity index (χ2n) is 8.26. The molecule has 2 fully saturated rings. The van der Waals surface area contributed by atoms with Gasteiger partial charge in [-0.1, -0.05) is 26.2 Å². The number of unbranched alkanes of at least 4 members (excludes halogenated alkanes) is 1. The standard InChI is InChI=1S/C22H31N3O3S/c1-2-3-5-18-6-4-7-21(18)24-22(26)19-12-14-25(15-13-19)29(27,28)20-10-8-17(16-23)9-11-20/h8-11,18-19,21H,2-7,12-15H2,1H3,(H,24,26). The van der Waals surface area contributed by atoms with Crippen molar-refractivity contribution in [3.63, 3.8) is 0 Å². The number of nitrogens with zero attached hydrogens (tertiary/aromatic N) is 2. The maximum atomic E-state index is 12.8. The highest BCUT2D eigenvalue weighted by atomic mass is 32.2. The predicted octanol–water partition coefficient (Wildman–Crippen LogP) is 3.43. The smallest absolute Gasteiger partial charge is 0.243 e. The zero-order chi connectivity index (χ0) is 20.9. The maximum Gasteiger partial charge on any atom is 0.243 e. The first kappa shape index (κ1) is 21.8. The fourth-order valence-electron chi connectivity index (χ4n) is 4.55. The van der Waals surface area contributed by atoms with Crippen LogP contribution in [0.1, 0.15) is 63.9 Å². The number of nitrogens with one attached hydrogen (secondary N) is 1. The molecule has 2 aliphatic rings. The Kier molecular flexibility index (Phi) is 7.31. The lowest BCUT2D eigenvalue weighted by atomic mass is 9.94. The van der Waals surface area contributed by atoms with Gasteiger partial charge in [-0.15, -0.1) is 0 Å². The van der Waals surface area contributed by atoms with Crippen LogP contribution in [0.3, 0.4) is 0 Å². The molecule has 7 heteroatoms. The number of hydrogen-bond acceptors (Lipinski definition) is 4. The topological polar surface area (TPSA) is 90.3 Å². The van der Waals surface area contributed by atoms with Crippen LogP contribution < -0.4 is 5.32 Å². The molecule has 1 saturated heterocycles. The first-order chi connectivity index (χ1) is 14.0. The molecular formula is C22H31N3O3S. The average Bonchev–Trinajstić information content (AvgIpc) is 3.19. The summed E-state index contributed by atoms with van der Waals surface area (Å²) in [4.78, 5) is 13.0. The highest BCUT2D eigenvalue weighted by molar-refractivity contribution is 7.89. The number of hydrogen-bond donors (Lipinski definition) is 1. The van der Waals surface area contributed by atoms with Crippen LogP contribution in [0.25, 0.3) is 0 Å². The molecule has 6 nitrogen and oxygen atoms in total. The number of nitriles is 1. The Morgan fingerprint density at radius 3 is 2.48 bits per heavy atom. The lowest BCUT2D eigenvalue weighted by Gasteiger charge is -2.32. The molecule has 2 atom stereocenters. The minimum atomic E-state index is -3.59. The van der Waals surface area contributed by atoms with Crippen LogP contribution in [0, 0.1) is 23.2 Å². The van der Waals surface area contributed by atoms with Crippen molar-refractivity contribution in [3.05, 3.63) is 29.8 Å². The lowest BCUT2D eigenvalue weighted by Crippen LogP contribution is -2.46. The molecule has 29 heavy (non-hydrogen) atoms. The Morgan fingerprint density at radius 1 is 1.17 bits per heavy atom. The minimum Gasteiger partial charge on any atom is -0.353 e. The Balaban J connectivity index is 1.54. The molecule has 0 spiro atoms. The van der Waals surface area contributed by atoms with Crippen molar-refractivity contribution in [1.29, 1.82) is 5.26 Å². The normalized spacial score (nSPS) is 23.6. The molecular weight excluding hydrogens is 386 g/mol. The quantitative estimate of drug-likeness (QED) is 0.736. The van der Waals surface area contributed by atoms with E-state index < -0.39 is 10.0 Å². The van der Waals surface area contributed by atoms with E-state index in [0.29, 0.717) is 37.4 Å². The number of rotatable bonds is 7. The van der Waals surface area contributed by atoms with Crippen LogP contribution in [0.2, 0.25) is 0 Å². The van der Waals surface area contributed by atoms with Crippen molar-refractivity contribution in [2.45, 2.75) is 69.2 Å². The van der Waals surface area contributed by atoms with Crippen molar-refractivity contribution in [3.8, 4) is 6.07 Å². The summed E-state index contributed by atoms with van der Waals surface area (Å²) in [7, 11) is -3.59. The summed E-state index contributed by atoms with van der Waals surface area (Å²) in [6.45, 7) is 2.90. The van der Waals surface area contributed by atoms with Gasteiger partial charge in [0.25, 0.3) is 0 Å². The van der Waals surface area contributed by atoms with Crippen LogP contribution in [-0.4, -0.2) is 37.8 Å². The van der Waals surface area contributed by atoms with E-state index in [4.69, 9.17) is 5.26 Å². The van der Waals surface area contributed by atoms with Gasteiger partial charge in [-0.05, 0) is 62.3 Å². The molecule has 2 unspecified atom stereocenters. The number of piperidine rings is 1. The zero-order valence-corrected chi connectivity index (χ0v) is 18.0. The summed E-state index contributed by atoms with van der Waals surface area (Å²) in [6.07, 6.45) is 8.12. The van der Waals surface area contributed by atoms with E-state index in [2.05, 4.69) is 12.2 Å². The molecule has 1 heterocycles. The summed E-state index contributed by atoms with van der Waals surface area (Å²) in [5, 5.41) is 12.1. The zero-order valence-electron chi connectivity index (χ0n) is 17.1.